The number of amides is 4. The molecule has 1 saturated heterocycles. The second kappa shape index (κ2) is 11.0. The maximum atomic E-state index is 12.7. The van der Waals surface area contributed by atoms with Crippen LogP contribution < -0.4 is 22.1 Å². The van der Waals surface area contributed by atoms with Crippen molar-refractivity contribution in [1.82, 2.24) is 15.5 Å². The number of hydrogen-bond donors (Lipinski definition) is 4. The molecule has 2 heterocycles. The first-order valence-electron chi connectivity index (χ1n) is 8.36. The highest BCUT2D eigenvalue weighted by Gasteiger charge is 2.30. The van der Waals surface area contributed by atoms with Crippen molar-refractivity contribution in [2.75, 3.05) is 26.2 Å². The molecule has 2 unspecified atom stereocenters. The van der Waals surface area contributed by atoms with Gasteiger partial charge in [-0.15, -0.1) is 23.7 Å². The van der Waals surface area contributed by atoms with Crippen molar-refractivity contribution in [3.8, 4) is 0 Å². The van der Waals surface area contributed by atoms with Gasteiger partial charge in [0.05, 0.1) is 18.4 Å². The lowest BCUT2D eigenvalue weighted by Gasteiger charge is -2.33. The van der Waals surface area contributed by atoms with E-state index in [1.807, 2.05) is 17.5 Å². The zero-order chi connectivity index (χ0) is 18.2. The molecule has 26 heavy (non-hydrogen) atoms. The summed E-state index contributed by atoms with van der Waals surface area (Å²) in [5.74, 6) is -0.370. The van der Waals surface area contributed by atoms with Gasteiger partial charge in [0, 0.05) is 31.1 Å². The highest BCUT2D eigenvalue weighted by atomic mass is 35.5. The van der Waals surface area contributed by atoms with Crippen LogP contribution in [0.2, 0.25) is 0 Å². The van der Waals surface area contributed by atoms with Crippen molar-refractivity contribution in [2.24, 2.45) is 17.4 Å². The lowest BCUT2D eigenvalue weighted by molar-refractivity contribution is -0.136. The minimum absolute atomic E-state index is 0. The second-order valence-electron chi connectivity index (χ2n) is 6.04. The smallest absolute Gasteiger partial charge is 0.312 e. The van der Waals surface area contributed by atoms with E-state index in [9.17, 15) is 14.4 Å². The Morgan fingerprint density at radius 1 is 1.38 bits per heavy atom. The number of thiophene rings is 1. The number of piperidine rings is 1. The second-order valence-corrected chi connectivity index (χ2v) is 7.02. The van der Waals surface area contributed by atoms with Crippen LogP contribution in [0.1, 0.15) is 30.2 Å². The predicted molar refractivity (Wildman–Crippen MR) is 103 cm³/mol. The van der Waals surface area contributed by atoms with E-state index < -0.39 is 12.1 Å². The summed E-state index contributed by atoms with van der Waals surface area (Å²) in [7, 11) is 0. The standard InChI is InChI=1S/C16H25N5O3S.ClH/c17-5-6-19-15(23)11-3-1-7-21(10-11)14(22)9-12(20-16(18)24)13-4-2-8-25-13;/h2,4,8,11-12H,1,3,5-7,9-10,17H2,(H,19,23)(H3,18,20,24);1H. The van der Waals surface area contributed by atoms with Crippen LogP contribution >= 0.6 is 23.7 Å². The number of hydrogen-bond acceptors (Lipinski definition) is 5. The Balaban J connectivity index is 0.00000338. The molecule has 8 nitrogen and oxygen atoms in total. The number of nitrogens with zero attached hydrogens (tertiary/aromatic N) is 1. The number of likely N-dealkylation sites (tertiary alicyclic amines) is 1. The maximum absolute atomic E-state index is 12.7. The Labute approximate surface area is 163 Å². The largest absolute Gasteiger partial charge is 0.355 e. The summed E-state index contributed by atoms with van der Waals surface area (Å²) in [6.07, 6.45) is 1.66. The van der Waals surface area contributed by atoms with E-state index in [1.165, 1.54) is 11.3 Å². The third-order valence-electron chi connectivity index (χ3n) is 4.17. The number of nitrogens with one attached hydrogen (secondary N) is 2. The van der Waals surface area contributed by atoms with Crippen molar-refractivity contribution >= 4 is 41.6 Å². The van der Waals surface area contributed by atoms with Crippen molar-refractivity contribution in [2.45, 2.75) is 25.3 Å². The number of nitrogens with two attached hydrogens (primary N) is 2. The molecule has 1 fully saturated rings. The van der Waals surface area contributed by atoms with Crippen LogP contribution in [-0.2, 0) is 9.59 Å². The summed E-state index contributed by atoms with van der Waals surface area (Å²) in [5, 5.41) is 7.28. The topological polar surface area (TPSA) is 131 Å². The average molecular weight is 404 g/mol. The fraction of sp³-hybridized carbons (Fsp3) is 0.562. The molecule has 0 bridgehead atoms. The molecule has 10 heteroatoms. The Bertz CT molecular complexity index is 599. The van der Waals surface area contributed by atoms with Crippen molar-refractivity contribution < 1.29 is 14.4 Å². The van der Waals surface area contributed by atoms with Gasteiger partial charge in [-0.25, -0.2) is 4.79 Å². The molecule has 0 aliphatic carbocycles. The molecule has 2 rings (SSSR count). The van der Waals surface area contributed by atoms with Gasteiger partial charge in [-0.05, 0) is 24.3 Å². The van der Waals surface area contributed by atoms with Gasteiger partial charge in [0.2, 0.25) is 11.8 Å². The van der Waals surface area contributed by atoms with Crippen molar-refractivity contribution in [3.05, 3.63) is 22.4 Å². The molecule has 0 radical (unpaired) electrons. The molecule has 1 aromatic rings. The zero-order valence-electron chi connectivity index (χ0n) is 14.5. The van der Waals surface area contributed by atoms with E-state index in [-0.39, 0.29) is 36.6 Å². The summed E-state index contributed by atoms with van der Waals surface area (Å²) >= 11 is 1.46. The van der Waals surface area contributed by atoms with Crippen LogP contribution in [0, 0.1) is 5.92 Å². The Kier molecular flexibility index (Phi) is 9.39. The number of halogens is 1. The van der Waals surface area contributed by atoms with E-state index >= 15 is 0 Å². The van der Waals surface area contributed by atoms with Crippen molar-refractivity contribution in [3.63, 3.8) is 0 Å². The van der Waals surface area contributed by atoms with E-state index in [4.69, 9.17) is 11.5 Å². The molecule has 1 aliphatic rings. The first-order chi connectivity index (χ1) is 12.0. The minimum Gasteiger partial charge on any atom is -0.355 e. The van der Waals surface area contributed by atoms with Crippen LogP contribution in [0.15, 0.2) is 17.5 Å². The number of carbonyl (C=O) groups excluding carboxylic acids is 3. The quantitative estimate of drug-likeness (QED) is 0.530. The van der Waals surface area contributed by atoms with Crippen LogP contribution in [0.5, 0.6) is 0 Å². The summed E-state index contributed by atoms with van der Waals surface area (Å²) in [4.78, 5) is 38.6. The van der Waals surface area contributed by atoms with Gasteiger partial charge < -0.3 is 27.0 Å². The molecule has 6 N–H and O–H groups in total. The number of carbonyl (C=O) groups is 3. The lowest BCUT2D eigenvalue weighted by atomic mass is 9.96. The SMILES string of the molecule is Cl.NCCNC(=O)C1CCCN(C(=O)CC(NC(N)=O)c2cccs2)C1. The van der Waals surface area contributed by atoms with Gasteiger partial charge in [-0.3, -0.25) is 9.59 Å². The normalized spacial score (nSPS) is 17.7. The van der Waals surface area contributed by atoms with Gasteiger partial charge in [-0.1, -0.05) is 6.07 Å². The average Bonchev–Trinajstić information content (AvgIpc) is 3.13. The van der Waals surface area contributed by atoms with Gasteiger partial charge in [0.25, 0.3) is 0 Å². The fourth-order valence-electron chi connectivity index (χ4n) is 2.95. The van der Waals surface area contributed by atoms with Crippen LogP contribution in [0.25, 0.3) is 0 Å². The molecule has 4 amide bonds. The third kappa shape index (κ3) is 6.47. The predicted octanol–water partition coefficient (Wildman–Crippen LogP) is 0.583. The molecule has 1 aliphatic heterocycles. The van der Waals surface area contributed by atoms with E-state index in [2.05, 4.69) is 10.6 Å². The third-order valence-corrected chi connectivity index (χ3v) is 5.16. The summed E-state index contributed by atoms with van der Waals surface area (Å²) in [6.45, 7) is 1.84. The highest BCUT2D eigenvalue weighted by molar-refractivity contribution is 7.10. The highest BCUT2D eigenvalue weighted by Crippen LogP contribution is 2.24. The van der Waals surface area contributed by atoms with E-state index in [1.54, 1.807) is 4.90 Å². The molecule has 1 aromatic heterocycles. The Morgan fingerprint density at radius 3 is 2.77 bits per heavy atom. The molecule has 0 saturated carbocycles. The Hall–Kier alpha value is -1.84. The molecular formula is C16H26ClN5O3S. The lowest BCUT2D eigenvalue weighted by Crippen LogP contribution is -2.47. The fourth-order valence-corrected chi connectivity index (χ4v) is 3.72. The summed E-state index contributed by atoms with van der Waals surface area (Å²) in [6, 6.07) is 2.61. The first kappa shape index (κ1) is 22.2. The zero-order valence-corrected chi connectivity index (χ0v) is 16.1. The number of urea groups is 1. The van der Waals surface area contributed by atoms with Gasteiger partial charge in [-0.2, -0.15) is 0 Å². The first-order valence-corrected chi connectivity index (χ1v) is 9.24. The molecule has 2 atom stereocenters. The molecule has 0 spiro atoms. The van der Waals surface area contributed by atoms with Gasteiger partial charge in [0.1, 0.15) is 0 Å². The Morgan fingerprint density at radius 2 is 2.15 bits per heavy atom. The van der Waals surface area contributed by atoms with Crippen molar-refractivity contribution in [1.29, 1.82) is 0 Å². The monoisotopic (exact) mass is 403 g/mol. The number of primary amides is 1. The summed E-state index contributed by atoms with van der Waals surface area (Å²) < 4.78 is 0. The van der Waals surface area contributed by atoms with Crippen LogP contribution in [0.4, 0.5) is 4.79 Å². The molecule has 0 aromatic carbocycles. The van der Waals surface area contributed by atoms with Gasteiger partial charge in [0.15, 0.2) is 0 Å². The molecule has 146 valence electrons. The van der Waals surface area contributed by atoms with Crippen LogP contribution in [-0.4, -0.2) is 48.9 Å². The minimum atomic E-state index is -0.663. The maximum Gasteiger partial charge on any atom is 0.312 e. The van der Waals surface area contributed by atoms with E-state index in [0.29, 0.717) is 26.2 Å². The molecular weight excluding hydrogens is 378 g/mol. The summed E-state index contributed by atoms with van der Waals surface area (Å²) in [5.41, 5.74) is 10.6. The van der Waals surface area contributed by atoms with Crippen LogP contribution in [0.3, 0.4) is 0 Å². The van der Waals surface area contributed by atoms with E-state index in [0.717, 1.165) is 17.7 Å². The van der Waals surface area contributed by atoms with Gasteiger partial charge >= 0.3 is 6.03 Å². The number of rotatable bonds is 7.